The van der Waals surface area contributed by atoms with Crippen LogP contribution in [0.15, 0.2) is 30.3 Å². The average Bonchev–Trinajstić information content (AvgIpc) is 2.53. The third-order valence-corrected chi connectivity index (χ3v) is 3.79. The fourth-order valence-electron chi connectivity index (χ4n) is 2.07. The summed E-state index contributed by atoms with van der Waals surface area (Å²) in [4.78, 5) is 4.54. The van der Waals surface area contributed by atoms with E-state index in [0.717, 1.165) is 42.1 Å². The quantitative estimate of drug-likeness (QED) is 0.582. The van der Waals surface area contributed by atoms with E-state index >= 15 is 0 Å². The Morgan fingerprint density at radius 1 is 1.18 bits per heavy atom. The molecule has 0 atom stereocenters. The summed E-state index contributed by atoms with van der Waals surface area (Å²) in [7, 11) is 0. The van der Waals surface area contributed by atoms with Crippen molar-refractivity contribution >= 4 is 23.0 Å². The van der Waals surface area contributed by atoms with Crippen LogP contribution in [0.1, 0.15) is 24.1 Å². The van der Waals surface area contributed by atoms with Crippen LogP contribution in [0.3, 0.4) is 0 Å². The van der Waals surface area contributed by atoms with Crippen LogP contribution < -0.4 is 15.8 Å². The lowest BCUT2D eigenvalue weighted by molar-refractivity contribution is 0.463. The predicted octanol–water partition coefficient (Wildman–Crippen LogP) is 4.50. The Balaban J connectivity index is 2.26. The molecule has 1 aromatic heterocycles. The van der Waals surface area contributed by atoms with E-state index in [1.165, 1.54) is 0 Å². The lowest BCUT2D eigenvalue weighted by Crippen LogP contribution is -2.09. The molecule has 2 aromatic rings. The predicted molar refractivity (Wildman–Crippen MR) is 93.1 cm³/mol. The number of pyridine rings is 1. The summed E-state index contributed by atoms with van der Waals surface area (Å²) in [5.41, 5.74) is 9.52. The fourth-order valence-corrected chi connectivity index (χ4v) is 2.26. The van der Waals surface area contributed by atoms with Gasteiger partial charge in [-0.05, 0) is 44.4 Å². The molecular formula is C17H22ClN3O. The van der Waals surface area contributed by atoms with Crippen LogP contribution in [-0.4, -0.2) is 17.4 Å². The zero-order chi connectivity index (χ0) is 15.9. The summed E-state index contributed by atoms with van der Waals surface area (Å²) in [6.45, 7) is 4.68. The van der Waals surface area contributed by atoms with E-state index in [2.05, 4.69) is 10.3 Å². The second-order valence-corrected chi connectivity index (χ2v) is 5.53. The normalized spacial score (nSPS) is 10.5. The standard InChI is InChI=1S/C17H22ClN3O/c1-12-13(2)21-17(22-14-8-4-3-5-9-14)16(15(12)19)20-11-7-6-10-18/h3-5,8-9,20H,6-7,10-11H2,1-2H3,(H2,19,21). The maximum atomic E-state index is 6.24. The summed E-state index contributed by atoms with van der Waals surface area (Å²) < 4.78 is 5.90. The number of halogens is 1. The first-order valence-electron chi connectivity index (χ1n) is 7.43. The molecule has 0 aliphatic rings. The van der Waals surface area contributed by atoms with Crippen molar-refractivity contribution in [1.29, 1.82) is 0 Å². The summed E-state index contributed by atoms with van der Waals surface area (Å²) >= 11 is 5.71. The molecule has 1 aromatic carbocycles. The Bertz CT molecular complexity index is 617. The molecule has 5 heteroatoms. The van der Waals surface area contributed by atoms with Gasteiger partial charge >= 0.3 is 0 Å². The van der Waals surface area contributed by atoms with Crippen LogP contribution in [0.25, 0.3) is 0 Å². The number of rotatable bonds is 7. The van der Waals surface area contributed by atoms with Gasteiger partial charge in [0.15, 0.2) is 0 Å². The van der Waals surface area contributed by atoms with E-state index < -0.39 is 0 Å². The van der Waals surface area contributed by atoms with Crippen molar-refractivity contribution in [3.05, 3.63) is 41.6 Å². The molecule has 1 heterocycles. The lowest BCUT2D eigenvalue weighted by Gasteiger charge is -2.17. The van der Waals surface area contributed by atoms with Crippen molar-refractivity contribution in [2.24, 2.45) is 0 Å². The number of aryl methyl sites for hydroxylation is 1. The Kier molecular flexibility index (Phi) is 5.90. The van der Waals surface area contributed by atoms with Crippen LogP contribution in [0, 0.1) is 13.8 Å². The number of alkyl halides is 1. The molecule has 0 saturated carbocycles. The lowest BCUT2D eigenvalue weighted by atomic mass is 10.1. The van der Waals surface area contributed by atoms with Gasteiger partial charge < -0.3 is 15.8 Å². The number of ether oxygens (including phenoxy) is 1. The Morgan fingerprint density at radius 3 is 2.59 bits per heavy atom. The molecule has 0 saturated heterocycles. The third-order valence-electron chi connectivity index (χ3n) is 3.52. The van der Waals surface area contributed by atoms with Crippen molar-refractivity contribution in [1.82, 2.24) is 4.98 Å². The molecule has 0 amide bonds. The molecule has 4 nitrogen and oxygen atoms in total. The largest absolute Gasteiger partial charge is 0.437 e. The minimum atomic E-state index is 0.512. The molecule has 3 N–H and O–H groups in total. The van der Waals surface area contributed by atoms with Gasteiger partial charge in [-0.25, -0.2) is 4.98 Å². The summed E-state index contributed by atoms with van der Waals surface area (Å²) in [6, 6.07) is 9.58. The van der Waals surface area contributed by atoms with Gasteiger partial charge in [0.1, 0.15) is 11.4 Å². The second kappa shape index (κ2) is 7.90. The van der Waals surface area contributed by atoms with E-state index in [0.29, 0.717) is 17.4 Å². The molecule has 0 aliphatic carbocycles. The van der Waals surface area contributed by atoms with Crippen LogP contribution in [0.5, 0.6) is 11.6 Å². The van der Waals surface area contributed by atoms with E-state index in [4.69, 9.17) is 22.1 Å². The third kappa shape index (κ3) is 4.04. The van der Waals surface area contributed by atoms with Gasteiger partial charge in [0.25, 0.3) is 0 Å². The minimum absolute atomic E-state index is 0.512. The van der Waals surface area contributed by atoms with Crippen LogP contribution in [-0.2, 0) is 0 Å². The second-order valence-electron chi connectivity index (χ2n) is 5.15. The zero-order valence-corrected chi connectivity index (χ0v) is 13.8. The van der Waals surface area contributed by atoms with E-state index in [1.807, 2.05) is 44.2 Å². The smallest absolute Gasteiger partial charge is 0.245 e. The van der Waals surface area contributed by atoms with Crippen LogP contribution in [0.2, 0.25) is 0 Å². The molecule has 0 bridgehead atoms. The van der Waals surface area contributed by atoms with Gasteiger partial charge in [0.05, 0.1) is 5.69 Å². The summed E-state index contributed by atoms with van der Waals surface area (Å²) in [5.74, 6) is 1.91. The SMILES string of the molecule is Cc1nc(Oc2ccccc2)c(NCCCCCl)c(N)c1C. The fraction of sp³-hybridized carbons (Fsp3) is 0.353. The average molecular weight is 320 g/mol. The summed E-state index contributed by atoms with van der Waals surface area (Å²) in [5, 5.41) is 3.33. The molecule has 118 valence electrons. The van der Waals surface area contributed by atoms with Crippen LogP contribution in [0.4, 0.5) is 11.4 Å². The minimum Gasteiger partial charge on any atom is -0.437 e. The highest BCUT2D eigenvalue weighted by molar-refractivity contribution is 6.17. The van der Waals surface area contributed by atoms with Crippen molar-refractivity contribution in [2.45, 2.75) is 26.7 Å². The number of hydrogen-bond donors (Lipinski definition) is 2. The first-order valence-corrected chi connectivity index (χ1v) is 7.96. The maximum Gasteiger partial charge on any atom is 0.245 e. The van der Waals surface area contributed by atoms with Crippen molar-refractivity contribution < 1.29 is 4.74 Å². The van der Waals surface area contributed by atoms with Crippen molar-refractivity contribution in [2.75, 3.05) is 23.5 Å². The number of nitrogens with two attached hydrogens (primary N) is 1. The number of anilines is 2. The number of benzene rings is 1. The number of hydrogen-bond acceptors (Lipinski definition) is 4. The first-order chi connectivity index (χ1) is 10.6. The van der Waals surface area contributed by atoms with Gasteiger partial charge in [0.2, 0.25) is 5.88 Å². The zero-order valence-electron chi connectivity index (χ0n) is 13.0. The van der Waals surface area contributed by atoms with E-state index in [1.54, 1.807) is 0 Å². The summed E-state index contributed by atoms with van der Waals surface area (Å²) in [6.07, 6.45) is 1.93. The first kappa shape index (κ1) is 16.4. The van der Waals surface area contributed by atoms with Gasteiger partial charge in [-0.2, -0.15) is 0 Å². The number of aromatic nitrogens is 1. The van der Waals surface area contributed by atoms with Gasteiger partial charge in [-0.1, -0.05) is 18.2 Å². The molecule has 0 fully saturated rings. The van der Waals surface area contributed by atoms with Crippen LogP contribution >= 0.6 is 11.6 Å². The number of nitrogen functional groups attached to an aromatic ring is 1. The topological polar surface area (TPSA) is 60.2 Å². The highest BCUT2D eigenvalue weighted by atomic mass is 35.5. The van der Waals surface area contributed by atoms with E-state index in [-0.39, 0.29) is 0 Å². The van der Waals surface area contributed by atoms with Crippen molar-refractivity contribution in [3.8, 4) is 11.6 Å². The molecule has 2 rings (SSSR count). The Labute approximate surface area is 136 Å². The molecular weight excluding hydrogens is 298 g/mol. The maximum absolute atomic E-state index is 6.24. The molecule has 0 unspecified atom stereocenters. The Hall–Kier alpha value is -1.94. The number of nitrogens with one attached hydrogen (secondary N) is 1. The number of unbranched alkanes of at least 4 members (excludes halogenated alkanes) is 1. The van der Waals surface area contributed by atoms with Crippen molar-refractivity contribution in [3.63, 3.8) is 0 Å². The highest BCUT2D eigenvalue weighted by Crippen LogP contribution is 2.35. The van der Waals surface area contributed by atoms with Gasteiger partial charge in [-0.15, -0.1) is 11.6 Å². The van der Waals surface area contributed by atoms with E-state index in [9.17, 15) is 0 Å². The highest BCUT2D eigenvalue weighted by Gasteiger charge is 2.15. The molecule has 0 spiro atoms. The molecule has 22 heavy (non-hydrogen) atoms. The molecule has 0 aliphatic heterocycles. The Morgan fingerprint density at radius 2 is 1.91 bits per heavy atom. The van der Waals surface area contributed by atoms with Gasteiger partial charge in [0, 0.05) is 18.1 Å². The van der Waals surface area contributed by atoms with Gasteiger partial charge in [-0.3, -0.25) is 0 Å². The number of nitrogens with zero attached hydrogens (tertiary/aromatic N) is 1. The number of para-hydroxylation sites is 1. The molecule has 0 radical (unpaired) electrons. The monoisotopic (exact) mass is 319 g/mol.